The van der Waals surface area contributed by atoms with E-state index in [2.05, 4.69) is 26.0 Å². The lowest BCUT2D eigenvalue weighted by Gasteiger charge is -2.23. The molecule has 6 heteroatoms. The van der Waals surface area contributed by atoms with Crippen LogP contribution in [0, 0.1) is 6.92 Å². The number of hydrogen-bond acceptors (Lipinski definition) is 3. The highest BCUT2D eigenvalue weighted by Crippen LogP contribution is 2.34. The van der Waals surface area contributed by atoms with Crippen LogP contribution in [0.25, 0.3) is 0 Å². The van der Waals surface area contributed by atoms with E-state index in [0.29, 0.717) is 18.0 Å². The lowest BCUT2D eigenvalue weighted by Crippen LogP contribution is -2.33. The molecule has 1 aliphatic carbocycles. The fraction of sp³-hybridized carbons (Fsp3) is 0.381. The van der Waals surface area contributed by atoms with Crippen molar-refractivity contribution < 1.29 is 13.2 Å². The smallest absolute Gasteiger partial charge is 0.249 e. The molecular formula is C21H26N2O3S. The van der Waals surface area contributed by atoms with Crippen molar-refractivity contribution in [2.75, 3.05) is 0 Å². The topological polar surface area (TPSA) is 80.5 Å². The van der Waals surface area contributed by atoms with E-state index in [9.17, 15) is 13.2 Å². The minimum Gasteiger partial charge on any atom is -0.366 e. The van der Waals surface area contributed by atoms with Gasteiger partial charge in [0.15, 0.2) is 0 Å². The fourth-order valence-electron chi connectivity index (χ4n) is 3.12. The molecule has 1 aliphatic rings. The summed E-state index contributed by atoms with van der Waals surface area (Å²) in [5, 5.41) is 0. The lowest BCUT2D eigenvalue weighted by molar-refractivity contribution is 0.0999. The number of nitrogens with zero attached hydrogens (tertiary/aromatic N) is 1. The van der Waals surface area contributed by atoms with Gasteiger partial charge in [0.2, 0.25) is 15.9 Å². The molecule has 2 N–H and O–H groups in total. The first-order valence-electron chi connectivity index (χ1n) is 9.21. The zero-order valence-electron chi connectivity index (χ0n) is 16.0. The molecule has 27 heavy (non-hydrogen) atoms. The minimum atomic E-state index is -3.71. The molecule has 0 atom stereocenters. The normalized spacial score (nSPS) is 14.7. The Morgan fingerprint density at radius 2 is 1.78 bits per heavy atom. The van der Waals surface area contributed by atoms with Gasteiger partial charge in [0.05, 0.1) is 4.90 Å². The van der Waals surface area contributed by atoms with E-state index in [1.54, 1.807) is 23.4 Å². The minimum absolute atomic E-state index is 0.0121. The number of carbonyl (C=O) groups is 1. The standard InChI is InChI=1S/C21H26N2O3S/c1-14(2)17-7-5-16(6-8-17)13-23(18-9-10-18)27(25,26)19-11-4-15(3)20(12-19)21(22)24/h4-8,11-12,14,18H,9-10,13H2,1-3H3,(H2,22,24). The molecular weight excluding hydrogens is 360 g/mol. The summed E-state index contributed by atoms with van der Waals surface area (Å²) < 4.78 is 28.1. The van der Waals surface area contributed by atoms with Gasteiger partial charge in [-0.2, -0.15) is 4.31 Å². The van der Waals surface area contributed by atoms with E-state index in [1.807, 2.05) is 12.1 Å². The largest absolute Gasteiger partial charge is 0.366 e. The first-order valence-corrected chi connectivity index (χ1v) is 10.7. The van der Waals surface area contributed by atoms with Gasteiger partial charge >= 0.3 is 0 Å². The van der Waals surface area contributed by atoms with Crippen molar-refractivity contribution in [3.63, 3.8) is 0 Å². The van der Waals surface area contributed by atoms with Crippen molar-refractivity contribution in [1.29, 1.82) is 0 Å². The molecule has 1 fully saturated rings. The van der Waals surface area contributed by atoms with Gasteiger partial charge in [-0.1, -0.05) is 44.2 Å². The first kappa shape index (κ1) is 19.6. The highest BCUT2D eigenvalue weighted by atomic mass is 32.2. The van der Waals surface area contributed by atoms with Crippen LogP contribution in [-0.4, -0.2) is 24.7 Å². The zero-order valence-corrected chi connectivity index (χ0v) is 16.8. The second kappa shape index (κ2) is 7.44. The van der Waals surface area contributed by atoms with Crippen LogP contribution in [0.2, 0.25) is 0 Å². The summed E-state index contributed by atoms with van der Waals surface area (Å²) in [6.07, 6.45) is 1.72. The van der Waals surface area contributed by atoms with Gasteiger partial charge in [0.1, 0.15) is 0 Å². The maximum absolute atomic E-state index is 13.3. The van der Waals surface area contributed by atoms with E-state index in [4.69, 9.17) is 5.73 Å². The summed E-state index contributed by atoms with van der Waals surface area (Å²) in [6.45, 7) is 6.32. The SMILES string of the molecule is Cc1ccc(S(=O)(=O)N(Cc2ccc(C(C)C)cc2)C2CC2)cc1C(N)=O. The van der Waals surface area contributed by atoms with Crippen LogP contribution in [0.3, 0.4) is 0 Å². The third kappa shape index (κ3) is 4.22. The van der Waals surface area contributed by atoms with Crippen molar-refractivity contribution in [2.24, 2.45) is 5.73 Å². The van der Waals surface area contributed by atoms with E-state index < -0.39 is 15.9 Å². The summed E-state index contributed by atoms with van der Waals surface area (Å²) in [5.74, 6) is -0.186. The number of benzene rings is 2. The molecule has 0 saturated heterocycles. The van der Waals surface area contributed by atoms with Crippen LogP contribution in [0.5, 0.6) is 0 Å². The second-order valence-corrected chi connectivity index (χ2v) is 9.41. The Labute approximate surface area is 161 Å². The summed E-state index contributed by atoms with van der Waals surface area (Å²) in [4.78, 5) is 11.7. The molecule has 0 aliphatic heterocycles. The van der Waals surface area contributed by atoms with E-state index in [0.717, 1.165) is 18.4 Å². The Bertz CT molecular complexity index is 946. The predicted octanol–water partition coefficient (Wildman–Crippen LogP) is 3.57. The summed E-state index contributed by atoms with van der Waals surface area (Å²) in [6, 6.07) is 12.7. The second-order valence-electron chi connectivity index (χ2n) is 7.52. The average Bonchev–Trinajstić information content (AvgIpc) is 3.44. The molecule has 5 nitrogen and oxygen atoms in total. The summed E-state index contributed by atoms with van der Waals surface area (Å²) in [7, 11) is -3.71. The number of rotatable bonds is 7. The molecule has 144 valence electrons. The van der Waals surface area contributed by atoms with Crippen molar-refractivity contribution in [3.05, 3.63) is 64.7 Å². The predicted molar refractivity (Wildman–Crippen MR) is 106 cm³/mol. The van der Waals surface area contributed by atoms with Gasteiger partial charge < -0.3 is 5.73 Å². The van der Waals surface area contributed by atoms with Crippen molar-refractivity contribution in [1.82, 2.24) is 4.31 Å². The molecule has 1 saturated carbocycles. The molecule has 0 heterocycles. The third-order valence-electron chi connectivity index (χ3n) is 5.02. The first-order chi connectivity index (χ1) is 12.7. The zero-order chi connectivity index (χ0) is 19.8. The van der Waals surface area contributed by atoms with Crippen LogP contribution in [0.4, 0.5) is 0 Å². The average molecular weight is 387 g/mol. The quantitative estimate of drug-likeness (QED) is 0.790. The van der Waals surface area contributed by atoms with Gasteiger partial charge in [-0.05, 0) is 54.5 Å². The van der Waals surface area contributed by atoms with Crippen LogP contribution in [0.15, 0.2) is 47.4 Å². The molecule has 1 amide bonds. The molecule has 0 bridgehead atoms. The Morgan fingerprint density at radius 1 is 1.15 bits per heavy atom. The maximum atomic E-state index is 13.3. The number of nitrogens with two attached hydrogens (primary N) is 1. The maximum Gasteiger partial charge on any atom is 0.249 e. The van der Waals surface area contributed by atoms with Gasteiger partial charge in [-0.25, -0.2) is 8.42 Å². The number of carbonyl (C=O) groups excluding carboxylic acids is 1. The number of hydrogen-bond donors (Lipinski definition) is 1. The Morgan fingerprint density at radius 3 is 2.30 bits per heavy atom. The van der Waals surface area contributed by atoms with Crippen molar-refractivity contribution in [3.8, 4) is 0 Å². The van der Waals surface area contributed by atoms with Gasteiger partial charge in [0.25, 0.3) is 0 Å². The van der Waals surface area contributed by atoms with Gasteiger partial charge in [-0.15, -0.1) is 0 Å². The Hall–Kier alpha value is -2.18. The molecule has 0 aromatic heterocycles. The Balaban J connectivity index is 1.92. The van der Waals surface area contributed by atoms with Crippen LogP contribution in [-0.2, 0) is 16.6 Å². The molecule has 0 unspecified atom stereocenters. The number of sulfonamides is 1. The van der Waals surface area contributed by atoms with Gasteiger partial charge in [-0.3, -0.25) is 4.79 Å². The van der Waals surface area contributed by atoms with E-state index in [1.165, 1.54) is 11.6 Å². The number of primary amides is 1. The van der Waals surface area contributed by atoms with Crippen molar-refractivity contribution in [2.45, 2.75) is 57.0 Å². The molecule has 2 aromatic rings. The molecule has 0 radical (unpaired) electrons. The summed E-state index contributed by atoms with van der Waals surface area (Å²) >= 11 is 0. The van der Waals surface area contributed by atoms with E-state index in [-0.39, 0.29) is 16.5 Å². The fourth-order valence-corrected chi connectivity index (χ4v) is 4.82. The highest BCUT2D eigenvalue weighted by Gasteiger charge is 2.38. The molecule has 3 rings (SSSR count). The number of amides is 1. The monoisotopic (exact) mass is 386 g/mol. The highest BCUT2D eigenvalue weighted by molar-refractivity contribution is 7.89. The molecule has 0 spiro atoms. The van der Waals surface area contributed by atoms with Crippen molar-refractivity contribution >= 4 is 15.9 Å². The van der Waals surface area contributed by atoms with Crippen LogP contribution in [0.1, 0.15) is 59.7 Å². The van der Waals surface area contributed by atoms with Gasteiger partial charge in [0, 0.05) is 18.2 Å². The lowest BCUT2D eigenvalue weighted by atomic mass is 10.0. The Kier molecular flexibility index (Phi) is 5.40. The van der Waals surface area contributed by atoms with Crippen LogP contribution >= 0.6 is 0 Å². The van der Waals surface area contributed by atoms with E-state index >= 15 is 0 Å². The number of aryl methyl sites for hydroxylation is 1. The summed E-state index contributed by atoms with van der Waals surface area (Å²) in [5.41, 5.74) is 8.49. The molecule has 2 aromatic carbocycles. The third-order valence-corrected chi connectivity index (χ3v) is 6.91. The van der Waals surface area contributed by atoms with Crippen LogP contribution < -0.4 is 5.73 Å².